The number of rotatable bonds is 4. The molecule has 2 amide bonds. The summed E-state index contributed by atoms with van der Waals surface area (Å²) in [5.74, 6) is -2.38. The highest BCUT2D eigenvalue weighted by Gasteiger charge is 2.71. The lowest BCUT2D eigenvalue weighted by Gasteiger charge is -2.26. The molecule has 4 atom stereocenters. The van der Waals surface area contributed by atoms with Crippen LogP contribution in [0.2, 0.25) is 0 Å². The molecule has 140 valence electrons. The molecule has 0 bridgehead atoms. The van der Waals surface area contributed by atoms with Gasteiger partial charge in [0.1, 0.15) is 17.9 Å². The number of esters is 1. The number of nitrogens with zero attached hydrogens (tertiary/aromatic N) is 1. The van der Waals surface area contributed by atoms with Crippen LogP contribution in [0, 0.1) is 11.8 Å². The van der Waals surface area contributed by atoms with E-state index in [1.54, 1.807) is 38.1 Å². The van der Waals surface area contributed by atoms with Gasteiger partial charge in [0, 0.05) is 6.92 Å². The average molecular weight is 385 g/mol. The number of ether oxygens (including phenoxy) is 1. The number of benzene rings is 1. The molecule has 3 heterocycles. The molecule has 4 rings (SSSR count). The van der Waals surface area contributed by atoms with Crippen LogP contribution < -0.4 is 10.2 Å². The fourth-order valence-electron chi connectivity index (χ4n) is 4.32. The predicted octanol–water partition coefficient (Wildman–Crippen LogP) is 1.49. The minimum absolute atomic E-state index is 0.230. The van der Waals surface area contributed by atoms with Crippen molar-refractivity contribution in [3.63, 3.8) is 0 Å². The molecule has 0 aliphatic carbocycles. The van der Waals surface area contributed by atoms with Gasteiger partial charge >= 0.3 is 5.97 Å². The van der Waals surface area contributed by atoms with Crippen LogP contribution in [0.25, 0.3) is 0 Å². The van der Waals surface area contributed by atoms with Crippen LogP contribution in [0.4, 0.5) is 5.69 Å². The fourth-order valence-corrected chi connectivity index (χ4v) is 5.16. The summed E-state index contributed by atoms with van der Waals surface area (Å²) in [6.45, 7) is 3.69. The lowest BCUT2D eigenvalue weighted by molar-refractivity contribution is -0.730. The highest BCUT2D eigenvalue weighted by molar-refractivity contribution is 7.10. The Bertz CT molecular complexity index is 883. The number of anilines is 1. The number of para-hydroxylation sites is 1. The molecule has 0 radical (unpaired) electrons. The molecular formula is C20H21N2O4S+. The van der Waals surface area contributed by atoms with Gasteiger partial charge in [-0.15, -0.1) is 11.3 Å². The van der Waals surface area contributed by atoms with Crippen LogP contribution in [0.3, 0.4) is 0 Å². The predicted molar refractivity (Wildman–Crippen MR) is 99.9 cm³/mol. The molecule has 2 aromatic rings. The van der Waals surface area contributed by atoms with Crippen LogP contribution in [-0.2, 0) is 19.1 Å². The van der Waals surface area contributed by atoms with Gasteiger partial charge in [0.05, 0.1) is 17.2 Å². The Morgan fingerprint density at radius 2 is 1.93 bits per heavy atom. The number of hydrogen-bond donors (Lipinski definition) is 1. The summed E-state index contributed by atoms with van der Waals surface area (Å²) in [5, 5.41) is 3.79. The first-order chi connectivity index (χ1) is 13.0. The Kier molecular flexibility index (Phi) is 4.36. The molecule has 27 heavy (non-hydrogen) atoms. The fraction of sp³-hybridized carbons (Fsp3) is 0.350. The van der Waals surface area contributed by atoms with Crippen molar-refractivity contribution in [2.45, 2.75) is 25.4 Å². The van der Waals surface area contributed by atoms with Crippen LogP contribution >= 0.6 is 11.3 Å². The SMILES string of the molecule is CCOC(=O)[C@@]1(C)[NH2+][C@@H](c2cccs2)[C@H]2C(=O)N(c3ccccc3)C(=O)[C@@H]21. The summed E-state index contributed by atoms with van der Waals surface area (Å²) in [6.07, 6.45) is 0. The van der Waals surface area contributed by atoms with E-state index in [0.717, 1.165) is 4.88 Å². The molecule has 2 N–H and O–H groups in total. The van der Waals surface area contributed by atoms with E-state index in [0.29, 0.717) is 5.69 Å². The molecule has 2 saturated heterocycles. The van der Waals surface area contributed by atoms with E-state index in [1.807, 2.05) is 28.9 Å². The molecule has 2 aliphatic rings. The van der Waals surface area contributed by atoms with Gasteiger partial charge in [-0.2, -0.15) is 0 Å². The second-order valence-corrected chi connectivity index (χ2v) is 8.04. The number of fused-ring (bicyclic) bond motifs is 1. The highest BCUT2D eigenvalue weighted by atomic mass is 32.1. The summed E-state index contributed by atoms with van der Waals surface area (Å²) in [5.41, 5.74) is -0.593. The van der Waals surface area contributed by atoms with Gasteiger partial charge in [0.15, 0.2) is 0 Å². The molecule has 6 nitrogen and oxygen atoms in total. The van der Waals surface area contributed by atoms with E-state index >= 15 is 0 Å². The summed E-state index contributed by atoms with van der Waals surface area (Å²) in [4.78, 5) is 41.6. The maximum absolute atomic E-state index is 13.3. The van der Waals surface area contributed by atoms with Crippen LogP contribution in [0.5, 0.6) is 0 Å². The van der Waals surface area contributed by atoms with Gasteiger partial charge in [-0.3, -0.25) is 9.59 Å². The third-order valence-corrected chi connectivity index (χ3v) is 6.48. The number of carbonyl (C=O) groups excluding carboxylic acids is 3. The standard InChI is InChI=1S/C20H20N2O4S/c1-3-26-19(25)20(2)15-14(16(21-20)13-10-7-11-27-13)17(23)22(18(15)24)12-8-5-4-6-9-12/h4-11,14-16,21H,3H2,1-2H3/p+1/t14-,15+,16-,20-/m0/s1. The summed E-state index contributed by atoms with van der Waals surface area (Å²) < 4.78 is 5.28. The number of imide groups is 1. The number of amides is 2. The van der Waals surface area contributed by atoms with Crippen molar-refractivity contribution in [2.75, 3.05) is 11.5 Å². The molecule has 0 saturated carbocycles. The average Bonchev–Trinajstić information content (AvgIpc) is 3.34. The largest absolute Gasteiger partial charge is 0.461 e. The Morgan fingerprint density at radius 3 is 2.56 bits per heavy atom. The molecule has 0 unspecified atom stereocenters. The van der Waals surface area contributed by atoms with Gasteiger partial charge < -0.3 is 10.1 Å². The van der Waals surface area contributed by atoms with Gasteiger partial charge in [-0.25, -0.2) is 9.69 Å². The first kappa shape index (κ1) is 17.9. The Hall–Kier alpha value is -2.51. The van der Waals surface area contributed by atoms with Crippen molar-refractivity contribution in [3.8, 4) is 0 Å². The number of carbonyl (C=O) groups is 3. The topological polar surface area (TPSA) is 80.3 Å². The molecule has 1 aromatic carbocycles. The van der Waals surface area contributed by atoms with Gasteiger partial charge in [-0.05, 0) is 30.5 Å². The van der Waals surface area contributed by atoms with E-state index in [9.17, 15) is 14.4 Å². The first-order valence-electron chi connectivity index (χ1n) is 8.98. The van der Waals surface area contributed by atoms with E-state index in [4.69, 9.17) is 4.74 Å². The molecule has 1 aromatic heterocycles. The summed E-state index contributed by atoms with van der Waals surface area (Å²) in [7, 11) is 0. The molecule has 7 heteroatoms. The highest BCUT2D eigenvalue weighted by Crippen LogP contribution is 2.46. The number of nitrogens with two attached hydrogens (primary N) is 1. The molecule has 0 spiro atoms. The molecule has 2 aliphatic heterocycles. The minimum atomic E-state index is -1.13. The third-order valence-electron chi connectivity index (χ3n) is 5.51. The second-order valence-electron chi connectivity index (χ2n) is 7.06. The van der Waals surface area contributed by atoms with Gasteiger partial charge in [-0.1, -0.05) is 24.3 Å². The number of thiophene rings is 1. The monoisotopic (exact) mass is 385 g/mol. The van der Waals surface area contributed by atoms with E-state index in [2.05, 4.69) is 0 Å². The van der Waals surface area contributed by atoms with Gasteiger partial charge in [0.2, 0.25) is 17.4 Å². The van der Waals surface area contributed by atoms with Crippen LogP contribution in [-0.4, -0.2) is 29.9 Å². The molecular weight excluding hydrogens is 364 g/mol. The van der Waals surface area contributed by atoms with Crippen molar-refractivity contribution in [3.05, 3.63) is 52.7 Å². The second kappa shape index (κ2) is 6.58. The van der Waals surface area contributed by atoms with E-state index in [-0.39, 0.29) is 24.5 Å². The van der Waals surface area contributed by atoms with E-state index in [1.165, 1.54) is 16.2 Å². The maximum atomic E-state index is 13.3. The Balaban J connectivity index is 1.81. The zero-order valence-electron chi connectivity index (χ0n) is 15.1. The van der Waals surface area contributed by atoms with Crippen molar-refractivity contribution in [2.24, 2.45) is 11.8 Å². The van der Waals surface area contributed by atoms with Crippen LogP contribution in [0.1, 0.15) is 24.8 Å². The third kappa shape index (κ3) is 2.61. The number of hydrogen-bond acceptors (Lipinski definition) is 5. The van der Waals surface area contributed by atoms with Crippen LogP contribution in [0.15, 0.2) is 47.8 Å². The zero-order valence-corrected chi connectivity index (χ0v) is 15.9. The first-order valence-corrected chi connectivity index (χ1v) is 9.86. The minimum Gasteiger partial charge on any atom is -0.461 e. The maximum Gasteiger partial charge on any atom is 0.368 e. The smallest absolute Gasteiger partial charge is 0.368 e. The lowest BCUT2D eigenvalue weighted by atomic mass is 9.81. The van der Waals surface area contributed by atoms with Crippen molar-refractivity contribution in [1.29, 1.82) is 0 Å². The van der Waals surface area contributed by atoms with Crippen molar-refractivity contribution >= 4 is 34.8 Å². The summed E-state index contributed by atoms with van der Waals surface area (Å²) in [6, 6.07) is 12.5. The quantitative estimate of drug-likeness (QED) is 0.639. The lowest BCUT2D eigenvalue weighted by Crippen LogP contribution is -2.97. The summed E-state index contributed by atoms with van der Waals surface area (Å²) >= 11 is 1.53. The van der Waals surface area contributed by atoms with E-state index < -0.39 is 23.3 Å². The normalized spacial score (nSPS) is 29.9. The zero-order chi connectivity index (χ0) is 19.2. The number of quaternary nitrogens is 1. The Morgan fingerprint density at radius 1 is 1.19 bits per heavy atom. The van der Waals surface area contributed by atoms with Gasteiger partial charge in [0.25, 0.3) is 0 Å². The molecule has 2 fully saturated rings. The van der Waals surface area contributed by atoms with Crippen molar-refractivity contribution < 1.29 is 24.4 Å². The Labute approximate surface area is 161 Å². The van der Waals surface area contributed by atoms with Crippen molar-refractivity contribution in [1.82, 2.24) is 0 Å².